The van der Waals surface area contributed by atoms with E-state index in [0.29, 0.717) is 24.2 Å². The largest absolute Gasteiger partial charge is 0.306 e. The molecule has 1 aliphatic heterocycles. The highest BCUT2D eigenvalue weighted by Crippen LogP contribution is 2.29. The van der Waals surface area contributed by atoms with E-state index in [-0.39, 0.29) is 23.2 Å². The van der Waals surface area contributed by atoms with Crippen LogP contribution in [0.3, 0.4) is 0 Å². The molecule has 2 aromatic carbocycles. The second-order valence-corrected chi connectivity index (χ2v) is 6.19. The number of fused-ring (bicyclic) bond motifs is 1. The SMILES string of the molecule is Cn1nc(C(=O)N2CCC(=O)c3ccccc32)cc1-c1ccc(F)cc1. The quantitative estimate of drug-likeness (QED) is 0.712. The van der Waals surface area contributed by atoms with Gasteiger partial charge in [-0.25, -0.2) is 4.39 Å². The smallest absolute Gasteiger partial charge is 0.278 e. The molecule has 0 radical (unpaired) electrons. The van der Waals surface area contributed by atoms with Crippen molar-refractivity contribution in [2.45, 2.75) is 6.42 Å². The number of amides is 1. The molecule has 3 aromatic rings. The number of aromatic nitrogens is 2. The summed E-state index contributed by atoms with van der Waals surface area (Å²) < 4.78 is 14.7. The van der Waals surface area contributed by atoms with E-state index in [4.69, 9.17) is 0 Å². The van der Waals surface area contributed by atoms with E-state index in [9.17, 15) is 14.0 Å². The molecule has 4 rings (SSSR count). The number of ketones is 1. The number of anilines is 1. The summed E-state index contributed by atoms with van der Waals surface area (Å²) in [5.41, 5.74) is 2.95. The zero-order chi connectivity index (χ0) is 18.3. The van der Waals surface area contributed by atoms with Crippen LogP contribution in [0.25, 0.3) is 11.3 Å². The van der Waals surface area contributed by atoms with Gasteiger partial charge in [0.25, 0.3) is 5.91 Å². The molecule has 0 atom stereocenters. The summed E-state index contributed by atoms with van der Waals surface area (Å²) in [4.78, 5) is 26.7. The van der Waals surface area contributed by atoms with Crippen LogP contribution >= 0.6 is 0 Å². The van der Waals surface area contributed by atoms with Gasteiger partial charge in [0.05, 0.1) is 11.4 Å². The number of hydrogen-bond acceptors (Lipinski definition) is 3. The molecule has 6 heteroatoms. The van der Waals surface area contributed by atoms with Crippen LogP contribution in [0.1, 0.15) is 27.3 Å². The molecule has 0 bridgehead atoms. The number of carbonyl (C=O) groups excluding carboxylic acids is 2. The number of Topliss-reactive ketones (excluding diaryl/α,β-unsaturated/α-hetero) is 1. The van der Waals surface area contributed by atoms with E-state index < -0.39 is 0 Å². The molecule has 1 aromatic heterocycles. The highest BCUT2D eigenvalue weighted by atomic mass is 19.1. The molecule has 0 aliphatic carbocycles. The van der Waals surface area contributed by atoms with E-state index in [1.54, 1.807) is 59.1 Å². The Morgan fingerprint density at radius 2 is 1.85 bits per heavy atom. The molecule has 0 saturated heterocycles. The maximum Gasteiger partial charge on any atom is 0.278 e. The summed E-state index contributed by atoms with van der Waals surface area (Å²) in [5.74, 6) is -0.534. The van der Waals surface area contributed by atoms with Gasteiger partial charge in [0.1, 0.15) is 5.82 Å². The summed E-state index contributed by atoms with van der Waals surface area (Å²) >= 11 is 0. The first-order valence-corrected chi connectivity index (χ1v) is 8.28. The Morgan fingerprint density at radius 3 is 2.62 bits per heavy atom. The predicted molar refractivity (Wildman–Crippen MR) is 95.7 cm³/mol. The van der Waals surface area contributed by atoms with Gasteiger partial charge in [0, 0.05) is 25.6 Å². The monoisotopic (exact) mass is 349 g/mol. The zero-order valence-electron chi connectivity index (χ0n) is 14.1. The van der Waals surface area contributed by atoms with Gasteiger partial charge in [0.2, 0.25) is 0 Å². The molecule has 0 unspecified atom stereocenters. The number of para-hydroxylation sites is 1. The van der Waals surface area contributed by atoms with Gasteiger partial charge in [-0.05, 0) is 48.0 Å². The average molecular weight is 349 g/mol. The first-order valence-electron chi connectivity index (χ1n) is 8.28. The normalized spacial score (nSPS) is 13.6. The van der Waals surface area contributed by atoms with Crippen molar-refractivity contribution in [3.8, 4) is 11.3 Å². The van der Waals surface area contributed by atoms with Gasteiger partial charge in [-0.3, -0.25) is 14.3 Å². The van der Waals surface area contributed by atoms with Crippen LogP contribution in [0.5, 0.6) is 0 Å². The van der Waals surface area contributed by atoms with Gasteiger partial charge in [0.15, 0.2) is 11.5 Å². The standard InChI is InChI=1S/C20H16FN3O2/c1-23-18(13-6-8-14(21)9-7-13)12-16(22-23)20(26)24-11-10-19(25)15-4-2-3-5-17(15)24/h2-9,12H,10-11H2,1H3. The van der Waals surface area contributed by atoms with Crippen LogP contribution in [0.4, 0.5) is 10.1 Å². The third kappa shape index (κ3) is 2.69. The fraction of sp³-hybridized carbons (Fsp3) is 0.150. The van der Waals surface area contributed by atoms with Crippen molar-refractivity contribution >= 4 is 17.4 Å². The fourth-order valence-corrected chi connectivity index (χ4v) is 3.23. The second-order valence-electron chi connectivity index (χ2n) is 6.19. The van der Waals surface area contributed by atoms with Gasteiger partial charge in [-0.2, -0.15) is 5.10 Å². The highest BCUT2D eigenvalue weighted by Gasteiger charge is 2.29. The maximum atomic E-state index is 13.1. The van der Waals surface area contributed by atoms with Gasteiger partial charge in [-0.15, -0.1) is 0 Å². The number of rotatable bonds is 2. The molecule has 0 fully saturated rings. The van der Waals surface area contributed by atoms with Crippen molar-refractivity contribution in [3.63, 3.8) is 0 Å². The van der Waals surface area contributed by atoms with Crippen LogP contribution in [0, 0.1) is 5.82 Å². The lowest BCUT2D eigenvalue weighted by Crippen LogP contribution is -2.37. The summed E-state index contributed by atoms with van der Waals surface area (Å²) in [6.45, 7) is 0.330. The number of nitrogens with zero attached hydrogens (tertiary/aromatic N) is 3. The summed E-state index contributed by atoms with van der Waals surface area (Å²) in [7, 11) is 1.74. The average Bonchev–Trinajstić information content (AvgIpc) is 3.04. The molecule has 2 heterocycles. The van der Waals surface area contributed by atoms with Gasteiger partial charge in [-0.1, -0.05) is 12.1 Å². The number of carbonyl (C=O) groups is 2. The third-order valence-electron chi connectivity index (χ3n) is 4.54. The van der Waals surface area contributed by atoms with Gasteiger partial charge >= 0.3 is 0 Å². The Morgan fingerprint density at radius 1 is 1.12 bits per heavy atom. The molecule has 0 spiro atoms. The molecule has 0 saturated carbocycles. The number of aryl methyl sites for hydroxylation is 1. The van der Waals surface area contributed by atoms with Crippen LogP contribution in [0.2, 0.25) is 0 Å². The first kappa shape index (κ1) is 16.2. The number of halogens is 1. The van der Waals surface area contributed by atoms with Crippen LogP contribution in [0.15, 0.2) is 54.6 Å². The minimum atomic E-state index is -0.318. The summed E-state index contributed by atoms with van der Waals surface area (Å²) in [5, 5.41) is 4.32. The van der Waals surface area contributed by atoms with E-state index in [0.717, 1.165) is 11.3 Å². The molecule has 5 nitrogen and oxygen atoms in total. The topological polar surface area (TPSA) is 55.2 Å². The lowest BCUT2D eigenvalue weighted by molar-refractivity contribution is 0.0952. The van der Waals surface area contributed by atoms with Crippen molar-refractivity contribution in [3.05, 3.63) is 71.7 Å². The fourth-order valence-electron chi connectivity index (χ4n) is 3.23. The molecule has 0 N–H and O–H groups in total. The van der Waals surface area contributed by atoms with E-state index in [1.807, 2.05) is 0 Å². The Kier molecular flexibility index (Phi) is 3.88. The number of benzene rings is 2. The van der Waals surface area contributed by atoms with Crippen LogP contribution in [-0.4, -0.2) is 28.0 Å². The lowest BCUT2D eigenvalue weighted by Gasteiger charge is -2.27. The molecule has 26 heavy (non-hydrogen) atoms. The first-order chi connectivity index (χ1) is 12.5. The maximum absolute atomic E-state index is 13.1. The molecule has 1 amide bonds. The summed E-state index contributed by atoms with van der Waals surface area (Å²) in [6, 6.07) is 14.8. The highest BCUT2D eigenvalue weighted by molar-refractivity contribution is 6.12. The predicted octanol–water partition coefficient (Wildman–Crippen LogP) is 3.46. The van der Waals surface area contributed by atoms with Crippen molar-refractivity contribution in [2.24, 2.45) is 7.05 Å². The van der Waals surface area contributed by atoms with Crippen LogP contribution in [-0.2, 0) is 7.05 Å². The molecule has 130 valence electrons. The van der Waals surface area contributed by atoms with Crippen molar-refractivity contribution in [2.75, 3.05) is 11.4 Å². The molecular weight excluding hydrogens is 333 g/mol. The van der Waals surface area contributed by atoms with Gasteiger partial charge < -0.3 is 4.90 Å². The van der Waals surface area contributed by atoms with Crippen molar-refractivity contribution in [1.29, 1.82) is 0 Å². The Balaban J connectivity index is 1.70. The van der Waals surface area contributed by atoms with E-state index in [1.165, 1.54) is 12.1 Å². The Hall–Kier alpha value is -3.28. The second kappa shape index (κ2) is 6.22. The van der Waals surface area contributed by atoms with E-state index >= 15 is 0 Å². The van der Waals surface area contributed by atoms with Crippen molar-refractivity contribution in [1.82, 2.24) is 9.78 Å². The lowest BCUT2D eigenvalue weighted by atomic mass is 10.00. The van der Waals surface area contributed by atoms with Crippen LogP contribution < -0.4 is 4.90 Å². The van der Waals surface area contributed by atoms with Crippen molar-refractivity contribution < 1.29 is 14.0 Å². The summed E-state index contributed by atoms with van der Waals surface area (Å²) in [6.07, 6.45) is 0.292. The third-order valence-corrected chi connectivity index (χ3v) is 4.54. The zero-order valence-corrected chi connectivity index (χ0v) is 14.1. The molecule has 1 aliphatic rings. The minimum Gasteiger partial charge on any atom is -0.306 e. The van der Waals surface area contributed by atoms with E-state index in [2.05, 4.69) is 5.10 Å². The Bertz CT molecular complexity index is 1010. The molecular formula is C20H16FN3O2. The Labute approximate surface area is 149 Å². The minimum absolute atomic E-state index is 0.0395. The number of hydrogen-bond donors (Lipinski definition) is 0.